The number of benzene rings is 1. The Bertz CT molecular complexity index is 731. The highest BCUT2D eigenvalue weighted by atomic mass is 16.5. The Morgan fingerprint density at radius 3 is 2.48 bits per heavy atom. The number of nitrogens with zero attached hydrogens (tertiary/aromatic N) is 3. The van der Waals surface area contributed by atoms with Gasteiger partial charge in [-0.3, -0.25) is 4.79 Å². The second-order valence-electron chi connectivity index (χ2n) is 7.48. The van der Waals surface area contributed by atoms with Crippen LogP contribution < -0.4 is 5.32 Å². The average Bonchev–Trinajstić information content (AvgIpc) is 3.09. The molecule has 0 saturated carbocycles. The van der Waals surface area contributed by atoms with Crippen LogP contribution in [0, 0.1) is 0 Å². The van der Waals surface area contributed by atoms with Crippen LogP contribution in [-0.4, -0.2) is 41.1 Å². The first-order valence-electron chi connectivity index (χ1n) is 8.71. The lowest BCUT2D eigenvalue weighted by atomic mass is 9.84. The van der Waals surface area contributed by atoms with Gasteiger partial charge in [0.05, 0.1) is 5.41 Å². The quantitative estimate of drug-likeness (QED) is 0.924. The largest absolute Gasteiger partial charge is 0.343 e. The minimum Gasteiger partial charge on any atom is -0.343 e. The molecule has 1 aliphatic rings. The van der Waals surface area contributed by atoms with Crippen LogP contribution in [0.25, 0.3) is 0 Å². The van der Waals surface area contributed by atoms with E-state index < -0.39 is 11.0 Å². The lowest BCUT2D eigenvalue weighted by Gasteiger charge is -2.38. The molecule has 1 saturated heterocycles. The summed E-state index contributed by atoms with van der Waals surface area (Å²) in [7, 11) is 2.08. The summed E-state index contributed by atoms with van der Waals surface area (Å²) >= 11 is 0. The van der Waals surface area contributed by atoms with Crippen molar-refractivity contribution in [3.63, 3.8) is 0 Å². The number of aromatic nitrogens is 2. The highest BCUT2D eigenvalue weighted by molar-refractivity contribution is 5.74. The molecule has 1 aromatic carbocycles. The van der Waals surface area contributed by atoms with Gasteiger partial charge in [0.1, 0.15) is 5.54 Å². The molecule has 0 unspecified atom stereocenters. The summed E-state index contributed by atoms with van der Waals surface area (Å²) in [6.07, 6.45) is 1.54. The Labute approximate surface area is 148 Å². The Morgan fingerprint density at radius 1 is 1.24 bits per heavy atom. The molecule has 1 N–H and O–H groups in total. The monoisotopic (exact) mass is 342 g/mol. The molecule has 2 aromatic rings. The van der Waals surface area contributed by atoms with Gasteiger partial charge in [0.25, 0.3) is 0 Å². The van der Waals surface area contributed by atoms with Gasteiger partial charge in [0.2, 0.25) is 11.8 Å². The normalized spacial score (nSPS) is 18.1. The Hall–Kier alpha value is -2.21. The van der Waals surface area contributed by atoms with Crippen LogP contribution in [-0.2, 0) is 15.7 Å². The van der Waals surface area contributed by atoms with E-state index in [2.05, 4.69) is 48.4 Å². The number of piperidine rings is 1. The molecule has 0 spiro atoms. The molecule has 0 bridgehead atoms. The first-order chi connectivity index (χ1) is 11.8. The molecular weight excluding hydrogens is 316 g/mol. The second kappa shape index (κ2) is 6.59. The third-order valence-electron chi connectivity index (χ3n) is 5.14. The van der Waals surface area contributed by atoms with Crippen LogP contribution >= 0.6 is 0 Å². The number of rotatable bonds is 4. The molecule has 3 rings (SSSR count). The van der Waals surface area contributed by atoms with E-state index in [-0.39, 0.29) is 5.91 Å². The van der Waals surface area contributed by atoms with Gasteiger partial charge in [-0.2, -0.15) is 4.98 Å². The summed E-state index contributed by atoms with van der Waals surface area (Å²) in [5, 5.41) is 7.35. The number of likely N-dealkylation sites (tertiary alicyclic amines) is 1. The number of nitrogens with one attached hydrogen (secondary N) is 1. The van der Waals surface area contributed by atoms with Gasteiger partial charge in [-0.25, -0.2) is 0 Å². The molecule has 25 heavy (non-hydrogen) atoms. The SMILES string of the molecule is CC(=O)NC1(c2noc(C(C)(C)c3ccccc3)n2)CCN(C)CC1. The molecule has 0 aliphatic carbocycles. The summed E-state index contributed by atoms with van der Waals surface area (Å²) in [6, 6.07) is 10.1. The maximum absolute atomic E-state index is 11.8. The molecular formula is C19H26N4O2. The maximum atomic E-state index is 11.8. The second-order valence-corrected chi connectivity index (χ2v) is 7.48. The molecule has 1 aliphatic heterocycles. The van der Waals surface area contributed by atoms with Crippen molar-refractivity contribution >= 4 is 5.91 Å². The molecule has 6 heteroatoms. The van der Waals surface area contributed by atoms with Crippen molar-refractivity contribution in [3.05, 3.63) is 47.6 Å². The van der Waals surface area contributed by atoms with Crippen molar-refractivity contribution in [2.24, 2.45) is 0 Å². The predicted octanol–water partition coefficient (Wildman–Crippen LogP) is 2.45. The van der Waals surface area contributed by atoms with Crippen molar-refractivity contribution in [1.29, 1.82) is 0 Å². The van der Waals surface area contributed by atoms with Gasteiger partial charge in [-0.1, -0.05) is 35.5 Å². The third kappa shape index (κ3) is 3.44. The molecule has 0 radical (unpaired) electrons. The Morgan fingerprint density at radius 2 is 1.88 bits per heavy atom. The smallest absolute Gasteiger partial charge is 0.236 e. The maximum Gasteiger partial charge on any atom is 0.236 e. The Balaban J connectivity index is 1.94. The lowest BCUT2D eigenvalue weighted by molar-refractivity contribution is -0.121. The first kappa shape index (κ1) is 17.6. The van der Waals surface area contributed by atoms with Crippen molar-refractivity contribution in [1.82, 2.24) is 20.4 Å². The van der Waals surface area contributed by atoms with Gasteiger partial charge in [-0.05, 0) is 39.3 Å². The van der Waals surface area contributed by atoms with E-state index in [1.54, 1.807) is 0 Å². The average molecular weight is 342 g/mol. The van der Waals surface area contributed by atoms with E-state index in [1.807, 2.05) is 18.2 Å². The van der Waals surface area contributed by atoms with E-state index in [0.29, 0.717) is 11.7 Å². The van der Waals surface area contributed by atoms with Crippen LogP contribution in [0.1, 0.15) is 50.9 Å². The number of carbonyl (C=O) groups is 1. The van der Waals surface area contributed by atoms with Crippen molar-refractivity contribution < 1.29 is 9.32 Å². The van der Waals surface area contributed by atoms with Gasteiger partial charge in [0, 0.05) is 20.0 Å². The molecule has 1 amide bonds. The zero-order valence-electron chi connectivity index (χ0n) is 15.4. The van der Waals surface area contributed by atoms with Crippen LogP contribution in [0.4, 0.5) is 0 Å². The van der Waals surface area contributed by atoms with E-state index in [9.17, 15) is 4.79 Å². The van der Waals surface area contributed by atoms with Crippen molar-refractivity contribution in [2.45, 2.75) is 44.6 Å². The van der Waals surface area contributed by atoms with E-state index in [4.69, 9.17) is 9.51 Å². The zero-order chi connectivity index (χ0) is 18.1. The van der Waals surface area contributed by atoms with Crippen LogP contribution in [0.15, 0.2) is 34.9 Å². The number of hydrogen-bond donors (Lipinski definition) is 1. The number of hydrogen-bond acceptors (Lipinski definition) is 5. The fourth-order valence-electron chi connectivity index (χ4n) is 3.39. The van der Waals surface area contributed by atoms with Gasteiger partial charge in [-0.15, -0.1) is 0 Å². The Kier molecular flexibility index (Phi) is 4.64. The van der Waals surface area contributed by atoms with Crippen molar-refractivity contribution in [3.8, 4) is 0 Å². The first-order valence-corrected chi connectivity index (χ1v) is 8.71. The fraction of sp³-hybridized carbons (Fsp3) is 0.526. The lowest BCUT2D eigenvalue weighted by Crippen LogP contribution is -2.52. The summed E-state index contributed by atoms with van der Waals surface area (Å²) in [5.41, 5.74) is 0.171. The predicted molar refractivity (Wildman–Crippen MR) is 95.1 cm³/mol. The summed E-state index contributed by atoms with van der Waals surface area (Å²) in [6.45, 7) is 7.44. The van der Waals surface area contributed by atoms with Gasteiger partial charge >= 0.3 is 0 Å². The number of amides is 1. The third-order valence-corrected chi connectivity index (χ3v) is 5.14. The minimum absolute atomic E-state index is 0.0711. The van der Waals surface area contributed by atoms with Gasteiger partial charge < -0.3 is 14.7 Å². The molecule has 6 nitrogen and oxygen atoms in total. The summed E-state index contributed by atoms with van der Waals surface area (Å²) in [4.78, 5) is 18.8. The molecule has 2 heterocycles. The van der Waals surface area contributed by atoms with Gasteiger partial charge in [0.15, 0.2) is 5.82 Å². The molecule has 0 atom stereocenters. The van der Waals surface area contributed by atoms with E-state index in [1.165, 1.54) is 6.92 Å². The zero-order valence-corrected chi connectivity index (χ0v) is 15.4. The van der Waals surface area contributed by atoms with Crippen LogP contribution in [0.3, 0.4) is 0 Å². The number of carbonyl (C=O) groups excluding carboxylic acids is 1. The van der Waals surface area contributed by atoms with Crippen LogP contribution in [0.5, 0.6) is 0 Å². The summed E-state index contributed by atoms with van der Waals surface area (Å²) < 4.78 is 5.64. The van der Waals surface area contributed by atoms with E-state index in [0.717, 1.165) is 31.5 Å². The highest BCUT2D eigenvalue weighted by Gasteiger charge is 2.42. The van der Waals surface area contributed by atoms with E-state index >= 15 is 0 Å². The molecule has 1 fully saturated rings. The summed E-state index contributed by atoms with van der Waals surface area (Å²) in [5.74, 6) is 1.07. The topological polar surface area (TPSA) is 71.3 Å². The highest BCUT2D eigenvalue weighted by Crippen LogP contribution is 2.35. The minimum atomic E-state index is -0.549. The fourth-order valence-corrected chi connectivity index (χ4v) is 3.39. The molecule has 134 valence electrons. The van der Waals surface area contributed by atoms with Crippen LogP contribution in [0.2, 0.25) is 0 Å². The molecule has 1 aromatic heterocycles. The van der Waals surface area contributed by atoms with Crippen molar-refractivity contribution in [2.75, 3.05) is 20.1 Å². The standard InChI is InChI=1S/C19H26N4O2/c1-14(24)21-19(10-12-23(4)13-11-19)16-20-17(25-22-16)18(2,3)15-8-6-5-7-9-15/h5-9H,10-13H2,1-4H3,(H,21,24).